The molecular formula is C24H16FN3O. The van der Waals surface area contributed by atoms with Crippen molar-refractivity contribution in [2.75, 3.05) is 0 Å². The number of halogens is 1. The standard InChI is InChI=1S/C24H16FN3O/c1-2-17-9-12-20(13-10-17)28-22(14-11-18-5-7-19(16-25)8-6-18)27-23-21(24(28)29)4-3-15-26-23/h1,3-15H,16H2/b14-11+. The first-order valence-electron chi connectivity index (χ1n) is 8.97. The maximum absolute atomic E-state index is 13.2. The number of aromatic nitrogens is 3. The topological polar surface area (TPSA) is 47.8 Å². The summed E-state index contributed by atoms with van der Waals surface area (Å²) in [7, 11) is 0. The van der Waals surface area contributed by atoms with E-state index in [0.29, 0.717) is 28.1 Å². The van der Waals surface area contributed by atoms with Gasteiger partial charge in [-0.3, -0.25) is 9.36 Å². The van der Waals surface area contributed by atoms with Crippen molar-refractivity contribution in [3.8, 4) is 18.0 Å². The quantitative estimate of drug-likeness (QED) is 0.492. The summed E-state index contributed by atoms with van der Waals surface area (Å²) in [5.41, 5.74) is 3.01. The average Bonchev–Trinajstić information content (AvgIpc) is 2.78. The van der Waals surface area contributed by atoms with E-state index in [1.165, 1.54) is 4.57 Å². The van der Waals surface area contributed by atoms with E-state index in [2.05, 4.69) is 15.9 Å². The van der Waals surface area contributed by atoms with Gasteiger partial charge in [0.25, 0.3) is 5.56 Å². The van der Waals surface area contributed by atoms with Crippen LogP contribution in [-0.4, -0.2) is 14.5 Å². The second-order valence-corrected chi connectivity index (χ2v) is 6.38. The molecule has 0 fully saturated rings. The first-order chi connectivity index (χ1) is 14.2. The number of benzene rings is 2. The molecule has 0 saturated heterocycles. The predicted octanol–water partition coefficient (Wildman–Crippen LogP) is 4.40. The third-order valence-corrected chi connectivity index (χ3v) is 4.52. The van der Waals surface area contributed by atoms with Crippen LogP contribution in [0.1, 0.15) is 22.5 Å². The monoisotopic (exact) mass is 381 g/mol. The summed E-state index contributed by atoms with van der Waals surface area (Å²) in [6.07, 6.45) is 10.6. The summed E-state index contributed by atoms with van der Waals surface area (Å²) in [5, 5.41) is 0.429. The first-order valence-corrected chi connectivity index (χ1v) is 8.97. The van der Waals surface area contributed by atoms with Crippen LogP contribution in [0.3, 0.4) is 0 Å². The lowest BCUT2D eigenvalue weighted by molar-refractivity contribution is 0.485. The molecule has 2 aromatic heterocycles. The van der Waals surface area contributed by atoms with E-state index in [9.17, 15) is 9.18 Å². The minimum atomic E-state index is -0.505. The Bertz CT molecular complexity index is 1300. The lowest BCUT2D eigenvalue weighted by Gasteiger charge is -2.11. The Hall–Kier alpha value is -4.04. The minimum Gasteiger partial charge on any atom is -0.268 e. The van der Waals surface area contributed by atoms with Crippen LogP contribution < -0.4 is 5.56 Å². The van der Waals surface area contributed by atoms with Gasteiger partial charge in [-0.05, 0) is 53.6 Å². The smallest absolute Gasteiger partial charge is 0.267 e. The number of pyridine rings is 1. The van der Waals surface area contributed by atoms with E-state index in [1.54, 1.807) is 60.8 Å². The van der Waals surface area contributed by atoms with E-state index in [0.717, 1.165) is 11.1 Å². The van der Waals surface area contributed by atoms with Crippen LogP contribution in [0, 0.1) is 12.3 Å². The molecule has 4 rings (SSSR count). The van der Waals surface area contributed by atoms with E-state index >= 15 is 0 Å². The molecule has 0 atom stereocenters. The number of alkyl halides is 1. The number of terminal acetylenes is 1. The summed E-state index contributed by atoms with van der Waals surface area (Å²) >= 11 is 0. The Morgan fingerprint density at radius 3 is 2.48 bits per heavy atom. The van der Waals surface area contributed by atoms with Crippen molar-refractivity contribution in [3.05, 3.63) is 99.7 Å². The fourth-order valence-corrected chi connectivity index (χ4v) is 2.99. The molecule has 0 unspecified atom stereocenters. The maximum atomic E-state index is 13.2. The van der Waals surface area contributed by atoms with Crippen LogP contribution >= 0.6 is 0 Å². The minimum absolute atomic E-state index is 0.219. The molecular weight excluding hydrogens is 365 g/mol. The number of hydrogen-bond donors (Lipinski definition) is 0. The SMILES string of the molecule is C#Cc1ccc(-n2c(/C=C/c3ccc(CF)cc3)nc3ncccc3c2=O)cc1. The molecule has 0 spiro atoms. The van der Waals surface area contributed by atoms with Crippen molar-refractivity contribution in [2.24, 2.45) is 0 Å². The second kappa shape index (κ2) is 7.91. The van der Waals surface area contributed by atoms with Gasteiger partial charge in [0, 0.05) is 11.8 Å². The van der Waals surface area contributed by atoms with Crippen LogP contribution in [0.2, 0.25) is 0 Å². The fourth-order valence-electron chi connectivity index (χ4n) is 2.99. The molecule has 0 aliphatic rings. The molecule has 29 heavy (non-hydrogen) atoms. The molecule has 0 amide bonds. The molecule has 2 aromatic carbocycles. The third kappa shape index (κ3) is 3.69. The molecule has 5 heteroatoms. The van der Waals surface area contributed by atoms with E-state index in [-0.39, 0.29) is 5.56 Å². The summed E-state index contributed by atoms with van der Waals surface area (Å²) in [6.45, 7) is -0.505. The highest BCUT2D eigenvalue weighted by Crippen LogP contribution is 2.15. The second-order valence-electron chi connectivity index (χ2n) is 6.38. The summed E-state index contributed by atoms with van der Waals surface area (Å²) < 4.78 is 14.2. The van der Waals surface area contributed by atoms with Gasteiger partial charge in [0.05, 0.1) is 11.1 Å². The Labute approximate surface area is 167 Å². The largest absolute Gasteiger partial charge is 0.268 e. The molecule has 2 heterocycles. The van der Waals surface area contributed by atoms with Gasteiger partial charge in [-0.2, -0.15) is 0 Å². The first kappa shape index (κ1) is 18.3. The number of rotatable bonds is 4. The summed E-state index contributed by atoms with van der Waals surface area (Å²) in [4.78, 5) is 22.0. The van der Waals surface area contributed by atoms with Gasteiger partial charge in [0.2, 0.25) is 0 Å². The summed E-state index contributed by atoms with van der Waals surface area (Å²) in [6, 6.07) is 17.6. The number of nitrogens with zero attached hydrogens (tertiary/aromatic N) is 3. The number of hydrogen-bond acceptors (Lipinski definition) is 3. The molecule has 4 nitrogen and oxygen atoms in total. The Balaban J connectivity index is 1.87. The fraction of sp³-hybridized carbons (Fsp3) is 0.0417. The van der Waals surface area contributed by atoms with Crippen LogP contribution in [0.25, 0.3) is 28.9 Å². The number of fused-ring (bicyclic) bond motifs is 1. The van der Waals surface area contributed by atoms with Crippen molar-refractivity contribution in [1.82, 2.24) is 14.5 Å². The third-order valence-electron chi connectivity index (χ3n) is 4.52. The zero-order chi connectivity index (χ0) is 20.2. The Morgan fingerprint density at radius 1 is 1.03 bits per heavy atom. The Morgan fingerprint density at radius 2 is 1.79 bits per heavy atom. The van der Waals surface area contributed by atoms with Crippen LogP contribution in [0.4, 0.5) is 4.39 Å². The molecule has 4 aromatic rings. The van der Waals surface area contributed by atoms with Crippen molar-refractivity contribution in [2.45, 2.75) is 6.67 Å². The molecule has 0 saturated carbocycles. The molecule has 0 aliphatic heterocycles. The van der Waals surface area contributed by atoms with Crippen molar-refractivity contribution in [1.29, 1.82) is 0 Å². The Kier molecular flexibility index (Phi) is 5.00. The van der Waals surface area contributed by atoms with Gasteiger partial charge in [0.1, 0.15) is 12.5 Å². The highest BCUT2D eigenvalue weighted by molar-refractivity contribution is 5.76. The lowest BCUT2D eigenvalue weighted by atomic mass is 10.1. The van der Waals surface area contributed by atoms with Gasteiger partial charge >= 0.3 is 0 Å². The van der Waals surface area contributed by atoms with E-state index < -0.39 is 6.67 Å². The van der Waals surface area contributed by atoms with Crippen molar-refractivity contribution < 1.29 is 4.39 Å². The molecule has 0 N–H and O–H groups in total. The van der Waals surface area contributed by atoms with E-state index in [1.807, 2.05) is 18.2 Å². The van der Waals surface area contributed by atoms with Crippen molar-refractivity contribution in [3.63, 3.8) is 0 Å². The highest BCUT2D eigenvalue weighted by Gasteiger charge is 2.11. The van der Waals surface area contributed by atoms with Crippen molar-refractivity contribution >= 4 is 23.2 Å². The van der Waals surface area contributed by atoms with Gasteiger partial charge in [-0.15, -0.1) is 6.42 Å². The predicted molar refractivity (Wildman–Crippen MR) is 113 cm³/mol. The zero-order valence-electron chi connectivity index (χ0n) is 15.4. The molecule has 0 radical (unpaired) electrons. The highest BCUT2D eigenvalue weighted by atomic mass is 19.1. The maximum Gasteiger partial charge on any atom is 0.267 e. The lowest BCUT2D eigenvalue weighted by Crippen LogP contribution is -2.22. The zero-order valence-corrected chi connectivity index (χ0v) is 15.4. The average molecular weight is 381 g/mol. The van der Waals surface area contributed by atoms with Gasteiger partial charge in [-0.25, -0.2) is 14.4 Å². The van der Waals surface area contributed by atoms with E-state index in [4.69, 9.17) is 6.42 Å². The van der Waals surface area contributed by atoms with Gasteiger partial charge in [-0.1, -0.05) is 36.3 Å². The molecule has 0 bridgehead atoms. The van der Waals surface area contributed by atoms with Gasteiger partial charge < -0.3 is 0 Å². The van der Waals surface area contributed by atoms with Crippen LogP contribution in [-0.2, 0) is 6.67 Å². The van der Waals surface area contributed by atoms with Gasteiger partial charge in [0.15, 0.2) is 5.65 Å². The van der Waals surface area contributed by atoms with Crippen LogP contribution in [0.5, 0.6) is 0 Å². The molecule has 0 aliphatic carbocycles. The summed E-state index contributed by atoms with van der Waals surface area (Å²) in [5.74, 6) is 3.00. The normalized spacial score (nSPS) is 11.0. The van der Waals surface area contributed by atoms with Crippen LogP contribution in [0.15, 0.2) is 71.7 Å². The molecule has 140 valence electrons.